The van der Waals surface area contributed by atoms with Crippen LogP contribution >= 0.6 is 0 Å². The van der Waals surface area contributed by atoms with E-state index in [2.05, 4.69) is 22.3 Å². The van der Waals surface area contributed by atoms with Gasteiger partial charge in [0.15, 0.2) is 22.8 Å². The van der Waals surface area contributed by atoms with Crippen molar-refractivity contribution < 1.29 is 23.8 Å². The minimum Gasteiger partial charge on any atom is -0.493 e. The molecule has 0 atom stereocenters. The van der Waals surface area contributed by atoms with E-state index in [0.717, 1.165) is 49.8 Å². The second kappa shape index (κ2) is 15.4. The van der Waals surface area contributed by atoms with E-state index >= 15 is 0 Å². The highest BCUT2D eigenvalue weighted by Gasteiger charge is 2.29. The zero-order valence-electron chi connectivity index (χ0n) is 24.7. The van der Waals surface area contributed by atoms with E-state index in [1.165, 1.54) is 38.5 Å². The van der Waals surface area contributed by atoms with Gasteiger partial charge in [-0.05, 0) is 56.4 Å². The van der Waals surface area contributed by atoms with Crippen molar-refractivity contribution in [3.05, 3.63) is 42.2 Å². The van der Waals surface area contributed by atoms with Crippen molar-refractivity contribution in [2.75, 3.05) is 20.8 Å². The number of unbranched alkanes of at least 4 members (excludes halogenated alkanes) is 7. The smallest absolute Gasteiger partial charge is 0.308 e. The fourth-order valence-electron chi connectivity index (χ4n) is 5.48. The van der Waals surface area contributed by atoms with Gasteiger partial charge in [0.2, 0.25) is 0 Å². The maximum atomic E-state index is 13.1. The zero-order valence-corrected chi connectivity index (χ0v) is 24.7. The Balaban J connectivity index is 1.24. The van der Waals surface area contributed by atoms with Crippen LogP contribution in [0.25, 0.3) is 16.9 Å². The fraction of sp³-hybridized carbons (Fsp3) is 0.562. The van der Waals surface area contributed by atoms with Crippen molar-refractivity contribution in [1.82, 2.24) is 19.9 Å². The van der Waals surface area contributed by atoms with E-state index in [0.29, 0.717) is 29.4 Å². The standard InChI is InChI=1S/C32H44N4O5/c1-4-5-6-7-8-9-10-11-20-41-32(38)23-12-15-25(16-13-23)34-31(37)26-22-30-33-19-18-27(36(30)35-26)24-14-17-28(39-2)29(21-24)40-3/h14,17-19,21-23,25H,4-13,15-16,20H2,1-3H3,(H,34,37)/t23-,25-. The SMILES string of the molecule is CCCCCCCCCCOC(=O)[C@H]1CC[C@H](NC(=O)c2cc3nccc(-c4ccc(OC)c(OC)c4)n3n2)CC1. The Morgan fingerprint density at radius 3 is 2.32 bits per heavy atom. The first kappa shape index (κ1) is 30.3. The highest BCUT2D eigenvalue weighted by Crippen LogP contribution is 2.32. The van der Waals surface area contributed by atoms with Gasteiger partial charge in [-0.25, -0.2) is 9.50 Å². The van der Waals surface area contributed by atoms with Crippen LogP contribution in [-0.2, 0) is 9.53 Å². The molecule has 1 amide bonds. The number of nitrogens with zero attached hydrogens (tertiary/aromatic N) is 3. The van der Waals surface area contributed by atoms with E-state index in [-0.39, 0.29) is 23.8 Å². The Morgan fingerprint density at radius 2 is 1.61 bits per heavy atom. The summed E-state index contributed by atoms with van der Waals surface area (Å²) in [4.78, 5) is 30.0. The zero-order chi connectivity index (χ0) is 29.0. The molecule has 1 N–H and O–H groups in total. The van der Waals surface area contributed by atoms with Gasteiger partial charge in [-0.15, -0.1) is 0 Å². The van der Waals surface area contributed by atoms with Crippen molar-refractivity contribution in [1.29, 1.82) is 0 Å². The quantitative estimate of drug-likeness (QED) is 0.169. The normalized spacial score (nSPS) is 16.9. The summed E-state index contributed by atoms with van der Waals surface area (Å²) in [7, 11) is 3.19. The van der Waals surface area contributed by atoms with Crippen LogP contribution in [0.1, 0.15) is 94.5 Å². The number of hydrogen-bond acceptors (Lipinski definition) is 7. The van der Waals surface area contributed by atoms with Crippen molar-refractivity contribution in [3.63, 3.8) is 0 Å². The maximum Gasteiger partial charge on any atom is 0.308 e. The molecule has 1 saturated carbocycles. The molecule has 0 bridgehead atoms. The van der Waals surface area contributed by atoms with Gasteiger partial charge in [0, 0.05) is 23.9 Å². The number of rotatable bonds is 15. The van der Waals surface area contributed by atoms with Crippen molar-refractivity contribution in [3.8, 4) is 22.8 Å². The van der Waals surface area contributed by atoms with E-state index in [9.17, 15) is 9.59 Å². The predicted octanol–water partition coefficient (Wildman–Crippen LogP) is 6.39. The molecule has 0 radical (unpaired) electrons. The average Bonchev–Trinajstić information content (AvgIpc) is 3.45. The van der Waals surface area contributed by atoms with Crippen LogP contribution in [0.5, 0.6) is 11.5 Å². The summed E-state index contributed by atoms with van der Waals surface area (Å²) in [6.45, 7) is 2.74. The molecular weight excluding hydrogens is 520 g/mol. The third kappa shape index (κ3) is 8.21. The highest BCUT2D eigenvalue weighted by molar-refractivity contribution is 5.93. The summed E-state index contributed by atoms with van der Waals surface area (Å²) in [5.74, 6) is 0.822. The van der Waals surface area contributed by atoms with Crippen LogP contribution in [0.2, 0.25) is 0 Å². The predicted molar refractivity (Wildman–Crippen MR) is 158 cm³/mol. The Morgan fingerprint density at radius 1 is 0.902 bits per heavy atom. The molecule has 9 nitrogen and oxygen atoms in total. The summed E-state index contributed by atoms with van der Waals surface area (Å²) >= 11 is 0. The van der Waals surface area contributed by atoms with Crippen LogP contribution in [0.15, 0.2) is 36.5 Å². The molecule has 1 aliphatic rings. The Labute approximate surface area is 243 Å². The second-order valence-corrected chi connectivity index (χ2v) is 10.9. The number of benzene rings is 1. The number of carbonyl (C=O) groups excluding carboxylic acids is 2. The molecule has 1 aliphatic carbocycles. The van der Waals surface area contributed by atoms with Crippen LogP contribution in [0.4, 0.5) is 0 Å². The van der Waals surface area contributed by atoms with Gasteiger partial charge >= 0.3 is 5.97 Å². The topological polar surface area (TPSA) is 104 Å². The number of hydrogen-bond donors (Lipinski definition) is 1. The van der Waals surface area contributed by atoms with E-state index in [4.69, 9.17) is 14.2 Å². The molecule has 3 aromatic rings. The molecule has 1 aromatic carbocycles. The summed E-state index contributed by atoms with van der Waals surface area (Å²) in [6, 6.07) is 9.15. The third-order valence-electron chi connectivity index (χ3n) is 7.91. The first-order valence-electron chi connectivity index (χ1n) is 15.1. The molecule has 4 rings (SSSR count). The molecule has 41 heavy (non-hydrogen) atoms. The van der Waals surface area contributed by atoms with Gasteiger partial charge in [-0.1, -0.05) is 51.9 Å². The average molecular weight is 565 g/mol. The van der Waals surface area contributed by atoms with Crippen molar-refractivity contribution in [2.45, 2.75) is 90.0 Å². The van der Waals surface area contributed by atoms with Crippen LogP contribution < -0.4 is 14.8 Å². The molecule has 0 aliphatic heterocycles. The molecule has 1 fully saturated rings. The molecule has 0 spiro atoms. The Hall–Kier alpha value is -3.62. The largest absolute Gasteiger partial charge is 0.493 e. The van der Waals surface area contributed by atoms with Gasteiger partial charge in [-0.3, -0.25) is 9.59 Å². The number of amides is 1. The minimum atomic E-state index is -0.241. The summed E-state index contributed by atoms with van der Waals surface area (Å²) in [6.07, 6.45) is 14.4. The highest BCUT2D eigenvalue weighted by atomic mass is 16.5. The number of methoxy groups -OCH3 is 2. The van der Waals surface area contributed by atoms with Crippen LogP contribution in [0, 0.1) is 5.92 Å². The number of aromatic nitrogens is 3. The van der Waals surface area contributed by atoms with Crippen LogP contribution in [-0.4, -0.2) is 53.3 Å². The number of nitrogens with one attached hydrogen (secondary N) is 1. The van der Waals surface area contributed by atoms with Crippen LogP contribution in [0.3, 0.4) is 0 Å². The number of fused-ring (bicyclic) bond motifs is 1. The molecule has 0 unspecified atom stereocenters. The van der Waals surface area contributed by atoms with Gasteiger partial charge in [0.1, 0.15) is 0 Å². The molecule has 2 heterocycles. The molecule has 2 aromatic heterocycles. The first-order chi connectivity index (χ1) is 20.0. The lowest BCUT2D eigenvalue weighted by molar-refractivity contribution is -0.149. The molecule has 222 valence electrons. The summed E-state index contributed by atoms with van der Waals surface area (Å²) in [5.41, 5.74) is 2.52. The van der Waals surface area contributed by atoms with Crippen molar-refractivity contribution in [2.24, 2.45) is 5.92 Å². The maximum absolute atomic E-state index is 13.1. The van der Waals surface area contributed by atoms with Gasteiger partial charge in [0.05, 0.1) is 32.4 Å². The van der Waals surface area contributed by atoms with Crippen molar-refractivity contribution >= 4 is 17.5 Å². The monoisotopic (exact) mass is 564 g/mol. The Kier molecular flexibility index (Phi) is 11.4. The Bertz CT molecular complexity index is 1280. The lowest BCUT2D eigenvalue weighted by Crippen LogP contribution is -2.39. The lowest BCUT2D eigenvalue weighted by Gasteiger charge is -2.27. The van der Waals surface area contributed by atoms with E-state index < -0.39 is 0 Å². The van der Waals surface area contributed by atoms with E-state index in [1.54, 1.807) is 31.0 Å². The lowest BCUT2D eigenvalue weighted by atomic mass is 9.86. The number of ether oxygens (including phenoxy) is 3. The molecule has 9 heteroatoms. The third-order valence-corrected chi connectivity index (χ3v) is 7.91. The number of carbonyl (C=O) groups is 2. The van der Waals surface area contributed by atoms with Gasteiger partial charge in [0.25, 0.3) is 5.91 Å². The summed E-state index contributed by atoms with van der Waals surface area (Å²) < 4.78 is 18.0. The van der Waals surface area contributed by atoms with Gasteiger partial charge < -0.3 is 19.5 Å². The van der Waals surface area contributed by atoms with E-state index in [1.807, 2.05) is 24.3 Å². The number of esters is 1. The van der Waals surface area contributed by atoms with Gasteiger partial charge in [-0.2, -0.15) is 5.10 Å². The first-order valence-corrected chi connectivity index (χ1v) is 15.1. The fourth-order valence-corrected chi connectivity index (χ4v) is 5.48. The molecule has 0 saturated heterocycles. The minimum absolute atomic E-state index is 0.00218. The molecular formula is C32H44N4O5. The second-order valence-electron chi connectivity index (χ2n) is 10.9. The summed E-state index contributed by atoms with van der Waals surface area (Å²) in [5, 5.41) is 7.67.